The Balaban J connectivity index is 3.39. The summed E-state index contributed by atoms with van der Waals surface area (Å²) in [6, 6.07) is 0. The summed E-state index contributed by atoms with van der Waals surface area (Å²) in [5.74, 6) is -0.683. The summed E-state index contributed by atoms with van der Waals surface area (Å²) in [6.45, 7) is 4.47. The van der Waals surface area contributed by atoms with Gasteiger partial charge in [0.15, 0.2) is 0 Å². The van der Waals surface area contributed by atoms with Gasteiger partial charge < -0.3 is 5.11 Å². The van der Waals surface area contributed by atoms with E-state index in [1.807, 2.05) is 0 Å². The number of hydrogen-bond donors (Lipinski definition) is 1. The van der Waals surface area contributed by atoms with Gasteiger partial charge in [0.2, 0.25) is 0 Å². The second kappa shape index (κ2) is 22.5. The monoisotopic (exact) mass is 394 g/mol. The average molecular weight is 395 g/mol. The van der Waals surface area contributed by atoms with E-state index < -0.39 is 5.97 Å². The van der Waals surface area contributed by atoms with E-state index in [0.29, 0.717) is 0 Å². The van der Waals surface area contributed by atoms with Crippen molar-refractivity contribution in [1.82, 2.24) is 0 Å². The maximum Gasteiger partial charge on any atom is 0.306 e. The van der Waals surface area contributed by atoms with E-state index in [9.17, 15) is 9.90 Å². The number of carbonyl (C=O) groups is 1. The third-order valence-electron chi connectivity index (χ3n) is 5.82. The number of rotatable bonds is 22. The molecule has 0 aliphatic rings. The summed E-state index contributed by atoms with van der Waals surface area (Å²) in [7, 11) is 0. The van der Waals surface area contributed by atoms with Crippen molar-refractivity contribution in [3.63, 3.8) is 0 Å². The van der Waals surface area contributed by atoms with Crippen LogP contribution in [0, 0.1) is 5.92 Å². The van der Waals surface area contributed by atoms with E-state index in [1.165, 1.54) is 103 Å². The van der Waals surface area contributed by atoms with Crippen molar-refractivity contribution in [2.45, 2.75) is 142 Å². The summed E-state index contributed by atoms with van der Waals surface area (Å²) in [5, 5.41) is 9.35. The second-order valence-electron chi connectivity index (χ2n) is 8.61. The van der Waals surface area contributed by atoms with E-state index in [0.717, 1.165) is 25.7 Å². The summed E-state index contributed by atoms with van der Waals surface area (Å²) in [4.78, 5) is 11.3. The van der Waals surface area contributed by atoms with Gasteiger partial charge >= 0.3 is 5.97 Å². The first-order valence-electron chi connectivity index (χ1n) is 12.6. The van der Waals surface area contributed by atoms with Gasteiger partial charge in [0.05, 0.1) is 5.92 Å². The highest BCUT2D eigenvalue weighted by molar-refractivity contribution is 5.69. The largest absolute Gasteiger partial charge is 0.481 e. The number of aliphatic carboxylic acids is 1. The molecule has 1 atom stereocenters. The van der Waals surface area contributed by atoms with Crippen LogP contribution in [0.25, 0.3) is 0 Å². The number of hydrogen-bond acceptors (Lipinski definition) is 1. The molecule has 0 aromatic carbocycles. The Hall–Kier alpha value is -0.790. The highest BCUT2D eigenvalue weighted by Crippen LogP contribution is 2.19. The zero-order valence-corrected chi connectivity index (χ0v) is 19.2. The minimum absolute atomic E-state index is 0.103. The minimum atomic E-state index is -0.579. The normalized spacial score (nSPS) is 12.6. The van der Waals surface area contributed by atoms with E-state index in [1.54, 1.807) is 0 Å². The molecule has 0 fully saturated rings. The standard InChI is InChI=1S/C26H50O2/c1-3-5-7-9-10-11-12-13-14-15-16-17-18-19-20-22-24-25(26(27)28)23-21-8-6-4-2/h13-14,25H,3-12,15-24H2,1-2H3,(H,27,28)/b14-13-. The number of carboxylic acid groups (broad SMARTS) is 1. The van der Waals surface area contributed by atoms with Gasteiger partial charge in [-0.2, -0.15) is 0 Å². The first-order chi connectivity index (χ1) is 13.7. The maximum atomic E-state index is 11.3. The summed E-state index contributed by atoms with van der Waals surface area (Å²) in [5.41, 5.74) is 0. The van der Waals surface area contributed by atoms with Crippen molar-refractivity contribution in [3.8, 4) is 0 Å². The topological polar surface area (TPSA) is 37.3 Å². The Morgan fingerprint density at radius 3 is 1.39 bits per heavy atom. The van der Waals surface area contributed by atoms with Gasteiger partial charge in [-0.25, -0.2) is 0 Å². The third kappa shape index (κ3) is 20.0. The first kappa shape index (κ1) is 27.2. The molecule has 1 unspecified atom stereocenters. The predicted octanol–water partition coefficient (Wildman–Crippen LogP) is 9.09. The van der Waals surface area contributed by atoms with Gasteiger partial charge in [0, 0.05) is 0 Å². The Bertz CT molecular complexity index is 348. The van der Waals surface area contributed by atoms with Crippen LogP contribution in [0.15, 0.2) is 12.2 Å². The number of allylic oxidation sites excluding steroid dienone is 2. The van der Waals surface area contributed by atoms with Crippen molar-refractivity contribution in [1.29, 1.82) is 0 Å². The zero-order chi connectivity index (χ0) is 20.7. The van der Waals surface area contributed by atoms with Crippen LogP contribution in [-0.4, -0.2) is 11.1 Å². The Morgan fingerprint density at radius 1 is 0.607 bits per heavy atom. The molecule has 0 rings (SSSR count). The molecule has 0 bridgehead atoms. The van der Waals surface area contributed by atoms with Crippen LogP contribution in [-0.2, 0) is 4.79 Å². The van der Waals surface area contributed by atoms with Gasteiger partial charge in [0.1, 0.15) is 0 Å². The molecule has 2 nitrogen and oxygen atoms in total. The summed E-state index contributed by atoms with van der Waals surface area (Å²) >= 11 is 0. The molecular weight excluding hydrogens is 344 g/mol. The van der Waals surface area contributed by atoms with Gasteiger partial charge in [-0.15, -0.1) is 0 Å². The molecule has 1 N–H and O–H groups in total. The van der Waals surface area contributed by atoms with Crippen LogP contribution in [0.5, 0.6) is 0 Å². The Morgan fingerprint density at radius 2 is 0.964 bits per heavy atom. The smallest absolute Gasteiger partial charge is 0.306 e. The van der Waals surface area contributed by atoms with E-state index in [4.69, 9.17) is 0 Å². The molecule has 2 heteroatoms. The molecule has 0 radical (unpaired) electrons. The van der Waals surface area contributed by atoms with Gasteiger partial charge in [0.25, 0.3) is 0 Å². The highest BCUT2D eigenvalue weighted by atomic mass is 16.4. The van der Waals surface area contributed by atoms with Crippen LogP contribution in [0.1, 0.15) is 142 Å². The van der Waals surface area contributed by atoms with Crippen molar-refractivity contribution in [2.24, 2.45) is 5.92 Å². The quantitative estimate of drug-likeness (QED) is 0.147. The zero-order valence-electron chi connectivity index (χ0n) is 19.2. The fraction of sp³-hybridized carbons (Fsp3) is 0.885. The third-order valence-corrected chi connectivity index (χ3v) is 5.82. The number of carboxylic acids is 1. The molecular formula is C26H50O2. The Kier molecular flexibility index (Phi) is 21.9. The molecule has 0 aliphatic heterocycles. The molecule has 0 aromatic rings. The molecule has 0 heterocycles. The van der Waals surface area contributed by atoms with Crippen molar-refractivity contribution >= 4 is 5.97 Å². The SMILES string of the molecule is CCCCCCCC/C=C\CCCCCCCCC(CCCCCC)C(=O)O. The molecule has 0 saturated carbocycles. The molecule has 28 heavy (non-hydrogen) atoms. The average Bonchev–Trinajstić information content (AvgIpc) is 2.69. The molecule has 0 aromatic heterocycles. The van der Waals surface area contributed by atoms with Gasteiger partial charge in [-0.3, -0.25) is 4.79 Å². The number of unbranched alkanes of at least 4 members (excludes halogenated alkanes) is 15. The summed E-state index contributed by atoms with van der Waals surface area (Å²) in [6.07, 6.45) is 29.5. The van der Waals surface area contributed by atoms with E-state index in [2.05, 4.69) is 26.0 Å². The van der Waals surface area contributed by atoms with E-state index in [-0.39, 0.29) is 5.92 Å². The molecule has 166 valence electrons. The van der Waals surface area contributed by atoms with Crippen molar-refractivity contribution in [2.75, 3.05) is 0 Å². The van der Waals surface area contributed by atoms with Crippen LogP contribution >= 0.6 is 0 Å². The molecule has 0 aliphatic carbocycles. The highest BCUT2D eigenvalue weighted by Gasteiger charge is 2.15. The molecule has 0 spiro atoms. The predicted molar refractivity (Wildman–Crippen MR) is 124 cm³/mol. The van der Waals surface area contributed by atoms with Crippen LogP contribution in [0.2, 0.25) is 0 Å². The fourth-order valence-corrected chi connectivity index (χ4v) is 3.85. The second-order valence-corrected chi connectivity index (χ2v) is 8.61. The van der Waals surface area contributed by atoms with Crippen LogP contribution < -0.4 is 0 Å². The molecule has 0 saturated heterocycles. The lowest BCUT2D eigenvalue weighted by molar-refractivity contribution is -0.142. The minimum Gasteiger partial charge on any atom is -0.481 e. The lowest BCUT2D eigenvalue weighted by Crippen LogP contribution is -2.13. The first-order valence-corrected chi connectivity index (χ1v) is 12.6. The lowest BCUT2D eigenvalue weighted by Gasteiger charge is -2.11. The summed E-state index contributed by atoms with van der Waals surface area (Å²) < 4.78 is 0. The van der Waals surface area contributed by atoms with E-state index >= 15 is 0 Å². The van der Waals surface area contributed by atoms with Gasteiger partial charge in [-0.1, -0.05) is 116 Å². The van der Waals surface area contributed by atoms with Crippen LogP contribution in [0.3, 0.4) is 0 Å². The van der Waals surface area contributed by atoms with Crippen molar-refractivity contribution in [3.05, 3.63) is 12.2 Å². The van der Waals surface area contributed by atoms with Crippen molar-refractivity contribution < 1.29 is 9.90 Å². The maximum absolute atomic E-state index is 11.3. The molecule has 0 amide bonds. The van der Waals surface area contributed by atoms with Crippen LogP contribution in [0.4, 0.5) is 0 Å². The fourth-order valence-electron chi connectivity index (χ4n) is 3.85. The lowest BCUT2D eigenvalue weighted by atomic mass is 9.94. The van der Waals surface area contributed by atoms with Gasteiger partial charge in [-0.05, 0) is 38.5 Å². The Labute approximate surface area is 176 Å².